The van der Waals surface area contributed by atoms with Crippen LogP contribution in [0.2, 0.25) is 0 Å². The second kappa shape index (κ2) is 6.65. The molecular formula is C14H15N3S2. The lowest BCUT2D eigenvalue weighted by Crippen LogP contribution is -2.31. The van der Waals surface area contributed by atoms with Crippen molar-refractivity contribution in [1.29, 1.82) is 0 Å². The summed E-state index contributed by atoms with van der Waals surface area (Å²) in [4.78, 5) is 5.06. The van der Waals surface area contributed by atoms with Gasteiger partial charge in [-0.1, -0.05) is 41.7 Å². The third kappa shape index (κ3) is 4.31. The van der Waals surface area contributed by atoms with Crippen LogP contribution in [0.1, 0.15) is 17.3 Å². The molecule has 0 saturated heterocycles. The molecule has 1 atom stereocenters. The molecule has 1 aromatic carbocycles. The van der Waals surface area contributed by atoms with Crippen molar-refractivity contribution in [3.8, 4) is 0 Å². The van der Waals surface area contributed by atoms with E-state index in [0.717, 1.165) is 10.5 Å². The van der Waals surface area contributed by atoms with Crippen LogP contribution in [-0.4, -0.2) is 9.30 Å². The molecule has 0 aliphatic heterocycles. The topological polar surface area (TPSA) is 50.9 Å². The number of benzene rings is 1. The van der Waals surface area contributed by atoms with Crippen LogP contribution in [0.4, 0.5) is 0 Å². The third-order valence-corrected chi connectivity index (χ3v) is 3.75. The van der Waals surface area contributed by atoms with Crippen molar-refractivity contribution in [3.63, 3.8) is 0 Å². The Labute approximate surface area is 122 Å². The Balaban J connectivity index is 1.93. The summed E-state index contributed by atoms with van der Waals surface area (Å²) in [6, 6.07) is 12.0. The van der Waals surface area contributed by atoms with Gasteiger partial charge in [0, 0.05) is 17.3 Å². The van der Waals surface area contributed by atoms with Gasteiger partial charge in [0.15, 0.2) is 0 Å². The quantitative estimate of drug-likeness (QED) is 0.517. The predicted molar refractivity (Wildman–Crippen MR) is 83.9 cm³/mol. The molecule has 0 fully saturated rings. The lowest BCUT2D eigenvalue weighted by Gasteiger charge is -2.15. The molecule has 1 heterocycles. The zero-order valence-corrected chi connectivity index (χ0v) is 12.2. The average molecular weight is 289 g/mol. The van der Waals surface area contributed by atoms with Crippen LogP contribution in [0.3, 0.4) is 0 Å². The van der Waals surface area contributed by atoms with E-state index in [1.165, 1.54) is 17.3 Å². The fraction of sp³-hybridized carbons (Fsp3) is 0.143. The van der Waals surface area contributed by atoms with E-state index in [1.54, 1.807) is 12.4 Å². The number of aromatic nitrogens is 1. The maximum atomic E-state index is 6.03. The van der Waals surface area contributed by atoms with Crippen LogP contribution in [0.5, 0.6) is 0 Å². The highest BCUT2D eigenvalue weighted by atomic mass is 32.2. The van der Waals surface area contributed by atoms with Gasteiger partial charge in [-0.3, -0.25) is 4.98 Å². The Morgan fingerprint density at radius 2 is 1.84 bits per heavy atom. The molecule has 2 aromatic rings. The highest BCUT2D eigenvalue weighted by Gasteiger charge is 2.08. The molecule has 1 aromatic heterocycles. The van der Waals surface area contributed by atoms with Crippen LogP contribution < -0.4 is 11.1 Å². The van der Waals surface area contributed by atoms with E-state index >= 15 is 0 Å². The second-order valence-corrected chi connectivity index (χ2v) is 5.86. The minimum Gasteiger partial charge on any atom is -0.352 e. The minimum atomic E-state index is -0.312. The molecule has 0 aliphatic rings. The number of aryl methyl sites for hydroxylation is 1. The Hall–Kier alpha value is -1.43. The van der Waals surface area contributed by atoms with Gasteiger partial charge in [-0.15, -0.1) is 0 Å². The van der Waals surface area contributed by atoms with E-state index < -0.39 is 0 Å². The number of hydrogen-bond acceptors (Lipinski definition) is 4. The van der Waals surface area contributed by atoms with Gasteiger partial charge in [0.2, 0.25) is 0 Å². The van der Waals surface area contributed by atoms with E-state index in [4.69, 9.17) is 18.0 Å². The fourth-order valence-electron chi connectivity index (χ4n) is 1.52. The molecule has 5 heteroatoms. The highest BCUT2D eigenvalue weighted by Crippen LogP contribution is 2.20. The largest absolute Gasteiger partial charge is 0.352 e. The number of nitrogens with one attached hydrogen (secondary N) is 1. The van der Waals surface area contributed by atoms with Crippen LogP contribution in [0.25, 0.3) is 0 Å². The monoisotopic (exact) mass is 289 g/mol. The molecule has 2 rings (SSSR count). The summed E-state index contributed by atoms with van der Waals surface area (Å²) in [5.74, 6) is 0. The SMILES string of the molecule is Cc1ccc(SC(=S)NC(N)c2ccncc2)cc1. The number of thiocarbonyl (C=S) groups is 1. The number of nitrogens with zero attached hydrogens (tertiary/aromatic N) is 1. The van der Waals surface area contributed by atoms with Crippen LogP contribution in [0.15, 0.2) is 53.7 Å². The second-order valence-electron chi connectivity index (χ2n) is 4.11. The van der Waals surface area contributed by atoms with E-state index in [1.807, 2.05) is 24.3 Å². The van der Waals surface area contributed by atoms with E-state index in [0.29, 0.717) is 4.32 Å². The predicted octanol–water partition coefficient (Wildman–Crippen LogP) is 3.01. The maximum Gasteiger partial charge on any atom is 0.140 e. The number of rotatable bonds is 3. The first-order valence-electron chi connectivity index (χ1n) is 5.85. The van der Waals surface area contributed by atoms with E-state index in [2.05, 4.69) is 29.4 Å². The molecule has 0 bridgehead atoms. The molecule has 0 radical (unpaired) electrons. The molecule has 0 amide bonds. The van der Waals surface area contributed by atoms with Gasteiger partial charge in [-0.05, 0) is 36.8 Å². The summed E-state index contributed by atoms with van der Waals surface area (Å²) in [7, 11) is 0. The highest BCUT2D eigenvalue weighted by molar-refractivity contribution is 8.23. The summed E-state index contributed by atoms with van der Waals surface area (Å²) in [5, 5.41) is 3.10. The van der Waals surface area contributed by atoms with Crippen molar-refractivity contribution in [1.82, 2.24) is 10.3 Å². The number of hydrogen-bond donors (Lipinski definition) is 2. The molecule has 19 heavy (non-hydrogen) atoms. The standard InChI is InChI=1S/C14H15N3S2/c1-10-2-4-12(5-3-10)19-14(18)17-13(15)11-6-8-16-9-7-11/h2-9,13H,15H2,1H3,(H,17,18). The van der Waals surface area contributed by atoms with Gasteiger partial charge < -0.3 is 11.1 Å². The van der Waals surface area contributed by atoms with Crippen LogP contribution >= 0.6 is 24.0 Å². The Morgan fingerprint density at radius 1 is 1.21 bits per heavy atom. The van der Waals surface area contributed by atoms with Crippen molar-refractivity contribution < 1.29 is 0 Å². The first kappa shape index (κ1) is 14.0. The lowest BCUT2D eigenvalue weighted by atomic mass is 10.2. The van der Waals surface area contributed by atoms with Crippen LogP contribution in [-0.2, 0) is 0 Å². The molecule has 98 valence electrons. The van der Waals surface area contributed by atoms with Gasteiger partial charge in [0.25, 0.3) is 0 Å². The molecule has 3 nitrogen and oxygen atoms in total. The fourth-order valence-corrected chi connectivity index (χ4v) is 2.61. The van der Waals surface area contributed by atoms with Gasteiger partial charge in [0.1, 0.15) is 10.5 Å². The zero-order chi connectivity index (χ0) is 13.7. The Bertz CT molecular complexity index is 540. The Kier molecular flexibility index (Phi) is 4.90. The first-order chi connectivity index (χ1) is 9.15. The van der Waals surface area contributed by atoms with E-state index in [9.17, 15) is 0 Å². The molecule has 3 N–H and O–H groups in total. The molecule has 0 aliphatic carbocycles. The van der Waals surface area contributed by atoms with Crippen molar-refractivity contribution >= 4 is 28.3 Å². The van der Waals surface area contributed by atoms with Crippen molar-refractivity contribution in [2.24, 2.45) is 5.73 Å². The van der Waals surface area contributed by atoms with Crippen LogP contribution in [0, 0.1) is 6.92 Å². The summed E-state index contributed by atoms with van der Waals surface area (Å²) in [5.41, 5.74) is 8.23. The van der Waals surface area contributed by atoms with E-state index in [-0.39, 0.29) is 6.17 Å². The van der Waals surface area contributed by atoms with Crippen molar-refractivity contribution in [2.75, 3.05) is 0 Å². The summed E-state index contributed by atoms with van der Waals surface area (Å²) >= 11 is 6.80. The van der Waals surface area contributed by atoms with Gasteiger partial charge in [-0.25, -0.2) is 0 Å². The Morgan fingerprint density at radius 3 is 2.47 bits per heavy atom. The van der Waals surface area contributed by atoms with Gasteiger partial charge in [-0.2, -0.15) is 0 Å². The smallest absolute Gasteiger partial charge is 0.140 e. The summed E-state index contributed by atoms with van der Waals surface area (Å²) < 4.78 is 0.660. The van der Waals surface area contributed by atoms with Gasteiger partial charge >= 0.3 is 0 Å². The number of nitrogens with two attached hydrogens (primary N) is 1. The summed E-state index contributed by atoms with van der Waals surface area (Å²) in [6.07, 6.45) is 3.12. The molecule has 1 unspecified atom stereocenters. The van der Waals surface area contributed by atoms with Crippen molar-refractivity contribution in [2.45, 2.75) is 18.0 Å². The summed E-state index contributed by atoms with van der Waals surface area (Å²) in [6.45, 7) is 2.06. The minimum absolute atomic E-state index is 0.312. The third-order valence-electron chi connectivity index (χ3n) is 2.57. The number of pyridine rings is 1. The normalized spacial score (nSPS) is 11.9. The zero-order valence-electron chi connectivity index (χ0n) is 10.5. The number of thioether (sulfide) groups is 1. The van der Waals surface area contributed by atoms with Gasteiger partial charge in [0.05, 0.1) is 0 Å². The lowest BCUT2D eigenvalue weighted by molar-refractivity contribution is 0.691. The average Bonchev–Trinajstić information content (AvgIpc) is 2.42. The first-order valence-corrected chi connectivity index (χ1v) is 7.08. The molecule has 0 spiro atoms. The molecule has 0 saturated carbocycles. The maximum absolute atomic E-state index is 6.03. The molecular weight excluding hydrogens is 274 g/mol. The van der Waals surface area contributed by atoms with Crippen molar-refractivity contribution in [3.05, 3.63) is 59.9 Å².